The first-order chi connectivity index (χ1) is 37.6. The molecule has 2 heterocycles. The van der Waals surface area contributed by atoms with Crippen LogP contribution in [0.2, 0.25) is 0 Å². The second-order valence-corrected chi connectivity index (χ2v) is 25.0. The fourth-order valence-electron chi connectivity index (χ4n) is 15.6. The minimum absolute atomic E-state index is 0.0828. The molecule has 2 aromatic carbocycles. The van der Waals surface area contributed by atoms with E-state index in [0.29, 0.717) is 11.1 Å². The number of ketones is 2. The lowest BCUT2D eigenvalue weighted by Crippen LogP contribution is -2.81. The van der Waals surface area contributed by atoms with E-state index in [0.717, 1.165) is 6.92 Å². The van der Waals surface area contributed by atoms with Crippen LogP contribution in [0.1, 0.15) is 123 Å². The number of benzene rings is 2. The molecule has 8 aliphatic rings. The highest BCUT2D eigenvalue weighted by Crippen LogP contribution is 2.66. The van der Waals surface area contributed by atoms with Gasteiger partial charge in [0, 0.05) is 57.3 Å². The van der Waals surface area contributed by atoms with E-state index in [9.17, 15) is 69.3 Å². The summed E-state index contributed by atoms with van der Waals surface area (Å²) in [6, 6.07) is 16.1. The Bertz CT molecular complexity index is 2990. The van der Waals surface area contributed by atoms with Gasteiger partial charge in [0.15, 0.2) is 28.9 Å². The molecule has 6 aliphatic carbocycles. The molecule has 4 saturated carbocycles. The smallest absolute Gasteiger partial charge is 0.338 e. The standard InChI is InChI=1S/C31H38O11.C29H36O10/c1-15-19(34)13-31(38)26(41-27(37)18-10-8-7-9-11-18)24-29(6,20(35)12-21-30(24,14-39-21)42-17(3)33)25(36)23(40-16(2)32)22(15)28(31,4)5;1-14-17(31)12-29(36)24(38-25(35)16-9-7-6-8-10-16)22-27(5,23(34)21(33)20(14)26(29,3)4)18(32)11-19-28(22,13-37-19)39-15(2)30/h7-11,19-21,23-24,26,34-35,38H,12-14H2,1-6H3;6-10,17-19,21-22,24,31-33,36H,11-13H2,1-5H3/t19-,20-,21+,23+,24-,26-,29+,30-,31+;17-,18-,19+,21+,22-,24-,27+,28-,29+/m00/s1. The normalized spacial score (nSPS) is 41.5. The van der Waals surface area contributed by atoms with Crippen molar-refractivity contribution in [1.29, 1.82) is 0 Å². The highest BCUT2D eigenvalue weighted by molar-refractivity contribution is 5.96. The Kier molecular flexibility index (Phi) is 15.0. The molecule has 440 valence electrons. The Hall–Kier alpha value is -5.75. The molecular formula is C60H74O21. The van der Waals surface area contributed by atoms with Crippen LogP contribution in [0.5, 0.6) is 0 Å². The van der Waals surface area contributed by atoms with Crippen LogP contribution in [0, 0.1) is 33.5 Å². The van der Waals surface area contributed by atoms with Crippen LogP contribution in [0.3, 0.4) is 0 Å². The summed E-state index contributed by atoms with van der Waals surface area (Å²) in [5.74, 6) is -8.02. The van der Waals surface area contributed by atoms with Crippen molar-refractivity contribution in [2.75, 3.05) is 13.2 Å². The molecule has 7 N–H and O–H groups in total. The summed E-state index contributed by atoms with van der Waals surface area (Å²) in [7, 11) is 0. The van der Waals surface area contributed by atoms with E-state index in [-0.39, 0.29) is 61.2 Å². The van der Waals surface area contributed by atoms with Gasteiger partial charge in [-0.25, -0.2) is 9.59 Å². The molecule has 2 saturated heterocycles. The van der Waals surface area contributed by atoms with Gasteiger partial charge in [-0.05, 0) is 74.3 Å². The van der Waals surface area contributed by atoms with Gasteiger partial charge in [0.1, 0.15) is 41.7 Å². The molecule has 0 unspecified atom stereocenters. The third kappa shape index (κ3) is 8.60. The molecule has 21 heteroatoms. The fourth-order valence-corrected chi connectivity index (χ4v) is 15.6. The number of esters is 5. The van der Waals surface area contributed by atoms with E-state index >= 15 is 0 Å². The van der Waals surface area contributed by atoms with E-state index in [1.54, 1.807) is 77.9 Å². The van der Waals surface area contributed by atoms with Gasteiger partial charge in [-0.3, -0.25) is 24.0 Å². The van der Waals surface area contributed by atoms with E-state index in [1.165, 1.54) is 52.0 Å². The summed E-state index contributed by atoms with van der Waals surface area (Å²) in [6.07, 6.45) is -14.5. The first-order valence-corrected chi connectivity index (χ1v) is 27.3. The molecule has 0 spiro atoms. The highest BCUT2D eigenvalue weighted by atomic mass is 16.6. The molecule has 18 atom stereocenters. The molecule has 4 bridgehead atoms. The van der Waals surface area contributed by atoms with E-state index in [4.69, 9.17) is 33.2 Å². The van der Waals surface area contributed by atoms with Crippen LogP contribution in [-0.4, -0.2) is 174 Å². The third-order valence-electron chi connectivity index (χ3n) is 20.2. The Balaban J connectivity index is 0.000000196. The van der Waals surface area contributed by atoms with Crippen molar-refractivity contribution in [3.05, 3.63) is 94.1 Å². The number of ether oxygens (including phenoxy) is 7. The molecule has 2 aromatic rings. The lowest BCUT2D eigenvalue weighted by Gasteiger charge is -2.67. The van der Waals surface area contributed by atoms with Gasteiger partial charge < -0.3 is 68.9 Å². The van der Waals surface area contributed by atoms with Gasteiger partial charge in [0.25, 0.3) is 0 Å². The Morgan fingerprint density at radius 3 is 1.26 bits per heavy atom. The Morgan fingerprint density at radius 1 is 0.531 bits per heavy atom. The van der Waals surface area contributed by atoms with Crippen molar-refractivity contribution >= 4 is 41.4 Å². The Labute approximate surface area is 468 Å². The summed E-state index contributed by atoms with van der Waals surface area (Å²) in [6.45, 7) is 15.7. The summed E-state index contributed by atoms with van der Waals surface area (Å²) >= 11 is 0. The van der Waals surface area contributed by atoms with Crippen LogP contribution < -0.4 is 0 Å². The average molecular weight is 1130 g/mol. The van der Waals surface area contributed by atoms with Gasteiger partial charge >= 0.3 is 29.8 Å². The fraction of sp³-hybridized carbons (Fsp3) is 0.617. The zero-order valence-electron chi connectivity index (χ0n) is 47.3. The zero-order chi connectivity index (χ0) is 59.7. The number of aliphatic hydroxyl groups is 7. The monoisotopic (exact) mass is 1130 g/mol. The minimum atomic E-state index is -2.11. The second kappa shape index (κ2) is 20.3. The zero-order valence-corrected chi connectivity index (χ0v) is 47.3. The number of carbonyl (C=O) groups is 7. The van der Waals surface area contributed by atoms with Gasteiger partial charge in [0.2, 0.25) is 0 Å². The second-order valence-electron chi connectivity index (χ2n) is 25.0. The number of hydrogen-bond donors (Lipinski definition) is 7. The summed E-state index contributed by atoms with van der Waals surface area (Å²) in [5, 5.41) is 82.5. The van der Waals surface area contributed by atoms with E-state index < -0.39 is 158 Å². The van der Waals surface area contributed by atoms with Crippen molar-refractivity contribution in [2.24, 2.45) is 33.5 Å². The summed E-state index contributed by atoms with van der Waals surface area (Å²) < 4.78 is 41.2. The van der Waals surface area contributed by atoms with Gasteiger partial charge in [-0.1, -0.05) is 64.1 Å². The molecule has 6 fully saturated rings. The molecular weight excluding hydrogens is 1060 g/mol. The van der Waals surface area contributed by atoms with Gasteiger partial charge in [-0.15, -0.1) is 0 Å². The van der Waals surface area contributed by atoms with Crippen molar-refractivity contribution < 1.29 is 102 Å². The molecule has 21 nitrogen and oxygen atoms in total. The molecule has 0 radical (unpaired) electrons. The first kappa shape index (κ1) is 59.9. The maximum atomic E-state index is 14.8. The van der Waals surface area contributed by atoms with Crippen molar-refractivity contribution in [2.45, 2.75) is 185 Å². The van der Waals surface area contributed by atoms with Gasteiger partial charge in [-0.2, -0.15) is 0 Å². The number of aliphatic hydroxyl groups excluding tert-OH is 5. The molecule has 0 amide bonds. The topological polar surface area (TPSA) is 326 Å². The van der Waals surface area contributed by atoms with Gasteiger partial charge in [0.05, 0.1) is 71.4 Å². The molecule has 10 rings (SSSR count). The predicted molar refractivity (Wildman–Crippen MR) is 280 cm³/mol. The lowest BCUT2D eigenvalue weighted by atomic mass is 9.44. The van der Waals surface area contributed by atoms with Crippen molar-refractivity contribution in [3.8, 4) is 0 Å². The summed E-state index contributed by atoms with van der Waals surface area (Å²) in [4.78, 5) is 93.7. The maximum absolute atomic E-state index is 14.8. The number of hydrogen-bond acceptors (Lipinski definition) is 21. The molecule has 0 aromatic heterocycles. The first-order valence-electron chi connectivity index (χ1n) is 27.3. The Morgan fingerprint density at radius 2 is 0.901 bits per heavy atom. The van der Waals surface area contributed by atoms with Crippen molar-refractivity contribution in [1.82, 2.24) is 0 Å². The molecule has 81 heavy (non-hydrogen) atoms. The predicted octanol–water partition coefficient (Wildman–Crippen LogP) is 2.73. The van der Waals surface area contributed by atoms with Crippen LogP contribution in [0.25, 0.3) is 0 Å². The minimum Gasteiger partial charge on any atom is -0.455 e. The van der Waals surface area contributed by atoms with E-state index in [2.05, 4.69) is 0 Å². The number of Topliss-reactive ketones (excluding diaryl/α,β-unsaturated/α-hetero) is 2. The largest absolute Gasteiger partial charge is 0.455 e. The van der Waals surface area contributed by atoms with Crippen LogP contribution in [-0.2, 0) is 57.1 Å². The quantitative estimate of drug-likeness (QED) is 0.119. The third-order valence-corrected chi connectivity index (χ3v) is 20.2. The number of fused-ring (bicyclic) bond motifs is 10. The number of carbonyl (C=O) groups excluding carboxylic acids is 7. The lowest BCUT2D eigenvalue weighted by molar-refractivity contribution is -0.345. The van der Waals surface area contributed by atoms with Crippen LogP contribution >= 0.6 is 0 Å². The number of rotatable bonds is 7. The average Bonchev–Trinajstić information content (AvgIpc) is 3.39. The van der Waals surface area contributed by atoms with Crippen LogP contribution in [0.15, 0.2) is 83.0 Å². The SMILES string of the molecule is CC(=O)O[C@@]12CO[C@@H]1C[C@H](O)[C@@]1(C)C(=O)[C@H](O)C3=C(C)[C@@H](O)C[C@@](O)([C@@H](OC(=O)c4ccccc4)[C@H]21)C3(C)C.CC(=O)O[C@H]1C(=O)[C@@]2(C)[C@H]([C@H](OC(=O)c3ccccc3)[C@]3(O)C[C@H](O)C(C)=C1C3(C)C)[C@]1(OC(C)=O)CO[C@@H]1C[C@@H]2O. The summed E-state index contributed by atoms with van der Waals surface area (Å²) in [5.41, 5.74) is -12.6. The molecule has 2 aliphatic heterocycles. The highest BCUT2D eigenvalue weighted by Gasteiger charge is 2.80. The maximum Gasteiger partial charge on any atom is 0.338 e. The van der Waals surface area contributed by atoms with E-state index in [1.807, 2.05) is 0 Å². The van der Waals surface area contributed by atoms with Crippen LogP contribution in [0.4, 0.5) is 0 Å². The van der Waals surface area contributed by atoms with Crippen molar-refractivity contribution in [3.63, 3.8) is 0 Å².